The van der Waals surface area contributed by atoms with Crippen molar-refractivity contribution in [2.75, 3.05) is 0 Å². The number of carbonyl (C=O) groups is 2. The lowest BCUT2D eigenvalue weighted by molar-refractivity contribution is 0.0696. The van der Waals surface area contributed by atoms with Gasteiger partial charge >= 0.3 is 5.97 Å². The minimum atomic E-state index is -0.879. The number of hydrogen-bond acceptors (Lipinski definition) is 5. The smallest absolute Gasteiger partial charge is 0.335 e. The van der Waals surface area contributed by atoms with E-state index in [4.69, 9.17) is 10.8 Å². The molecule has 24 heavy (non-hydrogen) atoms. The Morgan fingerprint density at radius 2 is 1.62 bits per heavy atom. The van der Waals surface area contributed by atoms with Crippen LogP contribution < -0.4 is 5.73 Å². The molecule has 1 amide bonds. The monoisotopic (exact) mass is 322 g/mol. The van der Waals surface area contributed by atoms with Gasteiger partial charge in [-0.3, -0.25) is 14.8 Å². The van der Waals surface area contributed by atoms with Crippen LogP contribution in [0.3, 0.4) is 0 Å². The minimum absolute atomic E-state index is 0.158. The van der Waals surface area contributed by atoms with Crippen LogP contribution in [0.2, 0.25) is 0 Å². The van der Waals surface area contributed by atoms with Gasteiger partial charge in [-0.25, -0.2) is 9.78 Å². The van der Waals surface area contributed by atoms with Gasteiger partial charge in [-0.2, -0.15) is 0 Å². The second-order valence-electron chi connectivity index (χ2n) is 4.53. The molecule has 3 N–H and O–H groups in total. The van der Waals surface area contributed by atoms with E-state index in [1.54, 1.807) is 54.9 Å². The Balaban J connectivity index is 0.000000198. The number of hydrogen-bond donors (Lipinski definition) is 2. The van der Waals surface area contributed by atoms with Crippen LogP contribution >= 0.6 is 0 Å². The maximum Gasteiger partial charge on any atom is 0.335 e. The van der Waals surface area contributed by atoms with Crippen LogP contribution in [0.4, 0.5) is 0 Å². The number of aromatic carboxylic acids is 1. The summed E-state index contributed by atoms with van der Waals surface area (Å²) >= 11 is 0. The molecule has 0 bridgehead atoms. The van der Waals surface area contributed by atoms with Gasteiger partial charge in [-0.05, 0) is 24.3 Å². The van der Waals surface area contributed by atoms with E-state index in [0.29, 0.717) is 11.3 Å². The largest absolute Gasteiger partial charge is 0.478 e. The van der Waals surface area contributed by atoms with Gasteiger partial charge in [0.2, 0.25) is 0 Å². The Morgan fingerprint density at radius 3 is 2.17 bits per heavy atom. The fourth-order valence-electron chi connectivity index (χ4n) is 1.81. The highest BCUT2D eigenvalue weighted by Gasteiger charge is 2.11. The van der Waals surface area contributed by atoms with Crippen molar-refractivity contribution in [3.63, 3.8) is 0 Å². The van der Waals surface area contributed by atoms with Crippen molar-refractivity contribution in [1.82, 2.24) is 15.0 Å². The van der Waals surface area contributed by atoms with E-state index in [1.165, 1.54) is 12.4 Å². The Kier molecular flexibility index (Phi) is 5.68. The summed E-state index contributed by atoms with van der Waals surface area (Å²) in [5, 5.41) is 8.38. The number of pyridine rings is 1. The minimum Gasteiger partial charge on any atom is -0.478 e. The van der Waals surface area contributed by atoms with E-state index in [-0.39, 0.29) is 5.69 Å². The lowest BCUT2D eigenvalue weighted by Crippen LogP contribution is -2.15. The molecule has 0 unspecified atom stereocenters. The molecule has 0 saturated carbocycles. The molecule has 0 saturated heterocycles. The van der Waals surface area contributed by atoms with Crippen molar-refractivity contribution in [2.45, 2.75) is 0 Å². The molecule has 2 heterocycles. The number of nitrogens with two attached hydrogens (primary N) is 1. The third-order valence-electron chi connectivity index (χ3n) is 2.89. The second kappa shape index (κ2) is 8.14. The number of carboxylic acids is 1. The van der Waals surface area contributed by atoms with E-state index in [0.717, 1.165) is 5.56 Å². The Morgan fingerprint density at radius 1 is 0.917 bits per heavy atom. The van der Waals surface area contributed by atoms with Gasteiger partial charge in [0.1, 0.15) is 5.69 Å². The molecule has 3 rings (SSSR count). The van der Waals surface area contributed by atoms with E-state index in [2.05, 4.69) is 15.0 Å². The van der Waals surface area contributed by atoms with Crippen LogP contribution in [-0.4, -0.2) is 31.9 Å². The summed E-state index contributed by atoms with van der Waals surface area (Å²) in [6.07, 6.45) is 6.19. The molecule has 0 spiro atoms. The first-order valence-corrected chi connectivity index (χ1v) is 6.89. The molecule has 0 aliphatic rings. The van der Waals surface area contributed by atoms with Crippen LogP contribution in [0.15, 0.2) is 67.3 Å². The van der Waals surface area contributed by atoms with Gasteiger partial charge in [0.15, 0.2) is 5.69 Å². The van der Waals surface area contributed by atoms with Crippen molar-refractivity contribution >= 4 is 11.9 Å². The maximum absolute atomic E-state index is 11.1. The molecule has 0 aliphatic carbocycles. The van der Waals surface area contributed by atoms with Crippen LogP contribution in [0, 0.1) is 0 Å². The number of rotatable bonds is 3. The highest BCUT2D eigenvalue weighted by atomic mass is 16.4. The molecule has 3 aromatic rings. The van der Waals surface area contributed by atoms with Crippen LogP contribution in [0.25, 0.3) is 11.3 Å². The quantitative estimate of drug-likeness (QED) is 0.761. The zero-order chi connectivity index (χ0) is 17.4. The molecular weight excluding hydrogens is 308 g/mol. The lowest BCUT2D eigenvalue weighted by Gasteiger charge is -2.02. The molecule has 0 atom stereocenters. The van der Waals surface area contributed by atoms with Crippen LogP contribution in [-0.2, 0) is 0 Å². The first-order chi connectivity index (χ1) is 11.6. The number of aromatic nitrogens is 3. The summed E-state index contributed by atoms with van der Waals surface area (Å²) in [5.41, 5.74) is 6.86. The third-order valence-corrected chi connectivity index (χ3v) is 2.89. The average molecular weight is 322 g/mol. The van der Waals surface area contributed by atoms with Gasteiger partial charge in [0.05, 0.1) is 5.56 Å². The molecule has 1 aromatic carbocycles. The summed E-state index contributed by atoms with van der Waals surface area (Å²) in [4.78, 5) is 33.2. The number of carbonyl (C=O) groups excluding carboxylic acids is 1. The van der Waals surface area contributed by atoms with Gasteiger partial charge < -0.3 is 10.8 Å². The van der Waals surface area contributed by atoms with E-state index < -0.39 is 11.9 Å². The summed E-state index contributed by atoms with van der Waals surface area (Å²) in [6.45, 7) is 0. The first-order valence-electron chi connectivity index (χ1n) is 6.89. The molecule has 2 aromatic heterocycles. The number of amides is 1. The SMILES string of the molecule is NC(=O)c1nccnc1-c1cccnc1.O=C(O)c1ccccc1. The Hall–Kier alpha value is -3.61. The molecule has 0 fully saturated rings. The normalized spacial score (nSPS) is 9.50. The average Bonchev–Trinajstić information content (AvgIpc) is 2.63. The highest BCUT2D eigenvalue weighted by Crippen LogP contribution is 2.17. The summed E-state index contributed by atoms with van der Waals surface area (Å²) in [5.74, 6) is -1.47. The Bertz CT molecular complexity index is 824. The van der Waals surface area contributed by atoms with Crippen molar-refractivity contribution in [1.29, 1.82) is 0 Å². The van der Waals surface area contributed by atoms with Crippen molar-refractivity contribution < 1.29 is 14.7 Å². The Labute approximate surface area is 137 Å². The molecular formula is C17H14N4O3. The zero-order valence-corrected chi connectivity index (χ0v) is 12.5. The molecule has 7 nitrogen and oxygen atoms in total. The standard InChI is InChI=1S/C10H8N4O.C7H6O2/c11-10(15)9-8(13-4-5-14-9)7-2-1-3-12-6-7;8-7(9)6-4-2-1-3-5-6/h1-6H,(H2,11,15);1-5H,(H,8,9). The number of carboxylic acid groups (broad SMARTS) is 1. The van der Waals surface area contributed by atoms with Gasteiger partial charge in [-0.1, -0.05) is 18.2 Å². The molecule has 0 aliphatic heterocycles. The molecule has 0 radical (unpaired) electrons. The highest BCUT2D eigenvalue weighted by molar-refractivity contribution is 5.96. The second-order valence-corrected chi connectivity index (χ2v) is 4.53. The number of primary amides is 1. The topological polar surface area (TPSA) is 119 Å². The predicted molar refractivity (Wildman–Crippen MR) is 87.2 cm³/mol. The van der Waals surface area contributed by atoms with Crippen LogP contribution in [0.1, 0.15) is 20.8 Å². The van der Waals surface area contributed by atoms with Gasteiger partial charge in [0.25, 0.3) is 5.91 Å². The van der Waals surface area contributed by atoms with E-state index in [1.807, 2.05) is 0 Å². The summed E-state index contributed by atoms with van der Waals surface area (Å²) in [7, 11) is 0. The van der Waals surface area contributed by atoms with Gasteiger partial charge in [0, 0.05) is 30.4 Å². The zero-order valence-electron chi connectivity index (χ0n) is 12.5. The maximum atomic E-state index is 11.1. The van der Waals surface area contributed by atoms with E-state index >= 15 is 0 Å². The first kappa shape index (κ1) is 16.8. The summed E-state index contributed by atoms with van der Waals surface area (Å²) < 4.78 is 0. The lowest BCUT2D eigenvalue weighted by atomic mass is 10.1. The predicted octanol–water partition coefficient (Wildman–Crippen LogP) is 2.02. The number of nitrogens with zero attached hydrogens (tertiary/aromatic N) is 3. The van der Waals surface area contributed by atoms with Gasteiger partial charge in [-0.15, -0.1) is 0 Å². The number of benzene rings is 1. The van der Waals surface area contributed by atoms with Crippen molar-refractivity contribution in [3.8, 4) is 11.3 Å². The van der Waals surface area contributed by atoms with Crippen molar-refractivity contribution in [2.24, 2.45) is 5.73 Å². The summed E-state index contributed by atoms with van der Waals surface area (Å²) in [6, 6.07) is 11.8. The fourth-order valence-corrected chi connectivity index (χ4v) is 1.81. The molecule has 7 heteroatoms. The fraction of sp³-hybridized carbons (Fsp3) is 0. The third kappa shape index (κ3) is 4.44. The van der Waals surface area contributed by atoms with E-state index in [9.17, 15) is 9.59 Å². The van der Waals surface area contributed by atoms with Crippen molar-refractivity contribution in [3.05, 3.63) is 78.5 Å². The van der Waals surface area contributed by atoms with Crippen LogP contribution in [0.5, 0.6) is 0 Å². The molecule has 120 valence electrons.